The summed E-state index contributed by atoms with van der Waals surface area (Å²) in [6, 6.07) is 5.31. The zero-order chi connectivity index (χ0) is 15.0. The highest BCUT2D eigenvalue weighted by Gasteiger charge is 2.52. The Hall–Kier alpha value is -1.73. The zero-order valence-corrected chi connectivity index (χ0v) is 11.2. The van der Waals surface area contributed by atoms with E-state index in [0.717, 1.165) is 6.42 Å². The summed E-state index contributed by atoms with van der Waals surface area (Å²) in [4.78, 5) is 12.2. The molecule has 1 aromatic rings. The summed E-state index contributed by atoms with van der Waals surface area (Å²) in [5, 5.41) is 2.80. The number of halogens is 2. The summed E-state index contributed by atoms with van der Waals surface area (Å²) >= 11 is 0. The third-order valence-electron chi connectivity index (χ3n) is 4.07. The minimum absolute atomic E-state index is 0.0375. The molecule has 0 radical (unpaired) electrons. The lowest BCUT2D eigenvalue weighted by molar-refractivity contribution is -0.0499. The molecule has 0 aromatic heterocycles. The van der Waals surface area contributed by atoms with Crippen molar-refractivity contribution in [3.63, 3.8) is 0 Å². The molecule has 3 rings (SSSR count). The molecule has 5 nitrogen and oxygen atoms in total. The fraction of sp³-hybridized carbons (Fsp3) is 0.500. The number of benzene rings is 1. The average Bonchev–Trinajstić information content (AvgIpc) is 2.88. The minimum Gasteiger partial charge on any atom is -0.435 e. The van der Waals surface area contributed by atoms with Crippen LogP contribution in [0, 0.1) is 5.92 Å². The zero-order valence-electron chi connectivity index (χ0n) is 11.2. The lowest BCUT2D eigenvalue weighted by Crippen LogP contribution is -2.68. The second-order valence-corrected chi connectivity index (χ2v) is 5.27. The van der Waals surface area contributed by atoms with Gasteiger partial charge in [0.15, 0.2) is 0 Å². The van der Waals surface area contributed by atoms with Crippen molar-refractivity contribution < 1.29 is 23.0 Å². The first-order valence-corrected chi connectivity index (χ1v) is 6.79. The smallest absolute Gasteiger partial charge is 0.387 e. The van der Waals surface area contributed by atoms with Gasteiger partial charge in [0.25, 0.3) is 5.91 Å². The van der Waals surface area contributed by atoms with E-state index in [1.54, 1.807) is 0 Å². The molecule has 21 heavy (non-hydrogen) atoms. The summed E-state index contributed by atoms with van der Waals surface area (Å²) in [5.41, 5.74) is 6.26. The van der Waals surface area contributed by atoms with Crippen molar-refractivity contribution in [1.29, 1.82) is 0 Å². The van der Waals surface area contributed by atoms with Gasteiger partial charge in [-0.15, -0.1) is 0 Å². The Labute approximate surface area is 120 Å². The van der Waals surface area contributed by atoms with E-state index in [1.165, 1.54) is 24.3 Å². The molecule has 2 fully saturated rings. The minimum atomic E-state index is -2.92. The summed E-state index contributed by atoms with van der Waals surface area (Å²) in [6.07, 6.45) is 0.875. The van der Waals surface area contributed by atoms with Crippen molar-refractivity contribution in [2.75, 3.05) is 6.61 Å². The fourth-order valence-corrected chi connectivity index (χ4v) is 2.98. The van der Waals surface area contributed by atoms with Crippen LogP contribution in [0.2, 0.25) is 0 Å². The van der Waals surface area contributed by atoms with E-state index < -0.39 is 6.61 Å². The Balaban J connectivity index is 1.65. The van der Waals surface area contributed by atoms with Gasteiger partial charge in [0, 0.05) is 24.1 Å². The molecule has 1 aliphatic heterocycles. The fourth-order valence-electron chi connectivity index (χ4n) is 2.98. The Kier molecular flexibility index (Phi) is 3.77. The van der Waals surface area contributed by atoms with Crippen molar-refractivity contribution >= 4 is 5.91 Å². The number of hydrogen-bond acceptors (Lipinski definition) is 4. The number of rotatable bonds is 4. The van der Waals surface area contributed by atoms with Crippen LogP contribution in [-0.4, -0.2) is 37.3 Å². The van der Waals surface area contributed by atoms with E-state index in [2.05, 4.69) is 10.1 Å². The van der Waals surface area contributed by atoms with Gasteiger partial charge in [-0.05, 0) is 24.6 Å². The third-order valence-corrected chi connectivity index (χ3v) is 4.07. The second kappa shape index (κ2) is 5.57. The van der Waals surface area contributed by atoms with Crippen molar-refractivity contribution in [1.82, 2.24) is 5.32 Å². The van der Waals surface area contributed by atoms with Gasteiger partial charge in [-0.1, -0.05) is 6.07 Å². The van der Waals surface area contributed by atoms with Crippen LogP contribution in [0.5, 0.6) is 5.75 Å². The van der Waals surface area contributed by atoms with Crippen LogP contribution in [0.3, 0.4) is 0 Å². The summed E-state index contributed by atoms with van der Waals surface area (Å²) in [6.45, 7) is -2.26. The second-order valence-electron chi connectivity index (χ2n) is 5.27. The molecule has 114 valence electrons. The Bertz CT molecular complexity index is 541. The highest BCUT2D eigenvalue weighted by atomic mass is 19.3. The number of amides is 1. The van der Waals surface area contributed by atoms with Crippen LogP contribution >= 0.6 is 0 Å². The summed E-state index contributed by atoms with van der Waals surface area (Å²) in [7, 11) is 0. The number of alkyl halides is 2. The van der Waals surface area contributed by atoms with Crippen molar-refractivity contribution in [3.05, 3.63) is 29.8 Å². The SMILES string of the molecule is NC1C2CCOC2C1NC(=O)c1cccc(OC(F)F)c1. The van der Waals surface area contributed by atoms with Crippen LogP contribution in [-0.2, 0) is 4.74 Å². The van der Waals surface area contributed by atoms with E-state index in [9.17, 15) is 13.6 Å². The van der Waals surface area contributed by atoms with Gasteiger partial charge in [0.2, 0.25) is 0 Å². The molecule has 1 amide bonds. The predicted molar refractivity (Wildman–Crippen MR) is 70.2 cm³/mol. The van der Waals surface area contributed by atoms with Crippen LogP contribution in [0.1, 0.15) is 16.8 Å². The number of hydrogen-bond donors (Lipinski definition) is 2. The molecule has 1 saturated heterocycles. The lowest BCUT2D eigenvalue weighted by Gasteiger charge is -2.45. The van der Waals surface area contributed by atoms with E-state index in [1.807, 2.05) is 0 Å². The standard InChI is InChI=1S/C14H16F2N2O3/c15-14(16)21-8-3-1-2-7(6-8)13(19)18-11-10(17)9-4-5-20-12(9)11/h1-3,6,9-12,14H,4-5,17H2,(H,18,19). The van der Waals surface area contributed by atoms with Crippen LogP contribution in [0.25, 0.3) is 0 Å². The van der Waals surface area contributed by atoms with Gasteiger partial charge < -0.3 is 20.5 Å². The lowest BCUT2D eigenvalue weighted by atomic mass is 9.72. The Morgan fingerprint density at radius 1 is 1.48 bits per heavy atom. The predicted octanol–water partition coefficient (Wildman–Crippen LogP) is 1.13. The highest BCUT2D eigenvalue weighted by Crippen LogP contribution is 2.37. The number of carbonyl (C=O) groups excluding carboxylic acids is 1. The molecule has 1 heterocycles. The van der Waals surface area contributed by atoms with Crippen molar-refractivity contribution in [2.24, 2.45) is 11.7 Å². The van der Waals surface area contributed by atoms with Crippen molar-refractivity contribution in [3.8, 4) is 5.75 Å². The number of ether oxygens (including phenoxy) is 2. The van der Waals surface area contributed by atoms with E-state index in [0.29, 0.717) is 12.5 Å². The first-order chi connectivity index (χ1) is 10.1. The number of nitrogens with two attached hydrogens (primary N) is 1. The molecule has 7 heteroatoms. The first-order valence-electron chi connectivity index (χ1n) is 6.79. The van der Waals surface area contributed by atoms with E-state index in [4.69, 9.17) is 10.5 Å². The number of fused-ring (bicyclic) bond motifs is 1. The molecule has 1 aliphatic carbocycles. The monoisotopic (exact) mass is 298 g/mol. The molecule has 0 spiro atoms. The molecule has 4 unspecified atom stereocenters. The van der Waals surface area contributed by atoms with Gasteiger partial charge in [-0.25, -0.2) is 0 Å². The maximum absolute atomic E-state index is 12.2. The maximum Gasteiger partial charge on any atom is 0.387 e. The van der Waals surface area contributed by atoms with E-state index >= 15 is 0 Å². The van der Waals surface area contributed by atoms with Crippen LogP contribution < -0.4 is 15.8 Å². The average molecular weight is 298 g/mol. The largest absolute Gasteiger partial charge is 0.435 e. The molecule has 2 aliphatic rings. The van der Waals surface area contributed by atoms with Crippen LogP contribution in [0.15, 0.2) is 24.3 Å². The Morgan fingerprint density at radius 3 is 3.05 bits per heavy atom. The van der Waals surface area contributed by atoms with Crippen LogP contribution in [0.4, 0.5) is 8.78 Å². The number of nitrogens with one attached hydrogen (secondary N) is 1. The third kappa shape index (κ3) is 2.71. The first kappa shape index (κ1) is 14.2. The number of carbonyl (C=O) groups is 1. The quantitative estimate of drug-likeness (QED) is 0.874. The molecule has 4 atom stereocenters. The molecular formula is C14H16F2N2O3. The molecule has 3 N–H and O–H groups in total. The van der Waals surface area contributed by atoms with Gasteiger partial charge in [0.1, 0.15) is 5.75 Å². The topological polar surface area (TPSA) is 73.6 Å². The van der Waals surface area contributed by atoms with Gasteiger partial charge in [-0.3, -0.25) is 4.79 Å². The van der Waals surface area contributed by atoms with Gasteiger partial charge in [0.05, 0.1) is 12.1 Å². The molecule has 1 saturated carbocycles. The van der Waals surface area contributed by atoms with E-state index in [-0.39, 0.29) is 35.4 Å². The summed E-state index contributed by atoms with van der Waals surface area (Å²) in [5.74, 6) is -0.126. The van der Waals surface area contributed by atoms with Gasteiger partial charge in [-0.2, -0.15) is 8.78 Å². The Morgan fingerprint density at radius 2 is 2.29 bits per heavy atom. The molecular weight excluding hydrogens is 282 g/mol. The van der Waals surface area contributed by atoms with Gasteiger partial charge >= 0.3 is 6.61 Å². The highest BCUT2D eigenvalue weighted by molar-refractivity contribution is 5.95. The maximum atomic E-state index is 12.2. The molecule has 1 aromatic carbocycles. The summed E-state index contributed by atoms with van der Waals surface area (Å²) < 4.78 is 34.1. The normalized spacial score (nSPS) is 30.7. The molecule has 0 bridgehead atoms. The van der Waals surface area contributed by atoms with Crippen molar-refractivity contribution in [2.45, 2.75) is 31.2 Å².